The van der Waals surface area contributed by atoms with Gasteiger partial charge in [0.2, 0.25) is 5.91 Å². The van der Waals surface area contributed by atoms with Crippen LogP contribution < -0.4 is 11.1 Å². The summed E-state index contributed by atoms with van der Waals surface area (Å²) in [7, 11) is 0. The average Bonchev–Trinajstić information content (AvgIpc) is 2.93. The Morgan fingerprint density at radius 3 is 2.62 bits per heavy atom. The first-order valence-corrected chi connectivity index (χ1v) is 7.68. The van der Waals surface area contributed by atoms with Gasteiger partial charge in [0.05, 0.1) is 6.04 Å². The van der Waals surface area contributed by atoms with Crippen molar-refractivity contribution < 1.29 is 9.18 Å². The van der Waals surface area contributed by atoms with Gasteiger partial charge in [0.25, 0.3) is 0 Å². The third-order valence-corrected chi connectivity index (χ3v) is 4.41. The van der Waals surface area contributed by atoms with Crippen LogP contribution in [-0.2, 0) is 0 Å². The summed E-state index contributed by atoms with van der Waals surface area (Å²) in [5.41, 5.74) is 6.53. The zero-order valence-electron chi connectivity index (χ0n) is 12.3. The Bertz CT molecular complexity index is 638. The predicted octanol–water partition coefficient (Wildman–Crippen LogP) is 4.10. The lowest BCUT2D eigenvalue weighted by Gasteiger charge is -2.24. The zero-order valence-corrected chi connectivity index (χ0v) is 13.1. The standard InChI is InChI=1S/C16H19FN2OS/c1-9(2)15(14-5-4-6-21-14)19-13-8-11(16(18)20)7-12(17)10(13)3/h4-9,15,19H,1-3H3,(H2,18,20). The molecule has 112 valence electrons. The Morgan fingerprint density at radius 2 is 2.10 bits per heavy atom. The van der Waals surface area contributed by atoms with E-state index < -0.39 is 11.7 Å². The average molecular weight is 306 g/mol. The molecule has 5 heteroatoms. The van der Waals surface area contributed by atoms with Crippen molar-refractivity contribution in [1.29, 1.82) is 0 Å². The summed E-state index contributed by atoms with van der Waals surface area (Å²) in [6, 6.07) is 6.89. The monoisotopic (exact) mass is 306 g/mol. The Balaban J connectivity index is 2.39. The van der Waals surface area contributed by atoms with Crippen LogP contribution in [0.2, 0.25) is 0 Å². The molecule has 0 aliphatic rings. The summed E-state index contributed by atoms with van der Waals surface area (Å²) < 4.78 is 13.9. The molecule has 0 fully saturated rings. The Labute approximate surface area is 128 Å². The molecular weight excluding hydrogens is 287 g/mol. The SMILES string of the molecule is Cc1c(F)cc(C(N)=O)cc1NC(c1cccs1)C(C)C. The Kier molecular flexibility index (Phi) is 4.63. The third-order valence-electron chi connectivity index (χ3n) is 3.46. The molecule has 1 aromatic carbocycles. The predicted molar refractivity (Wildman–Crippen MR) is 85.2 cm³/mol. The molecule has 2 aromatic rings. The first kappa shape index (κ1) is 15.5. The van der Waals surface area contributed by atoms with E-state index in [2.05, 4.69) is 19.2 Å². The van der Waals surface area contributed by atoms with Crippen molar-refractivity contribution in [3.63, 3.8) is 0 Å². The van der Waals surface area contributed by atoms with E-state index in [1.54, 1.807) is 24.3 Å². The van der Waals surface area contributed by atoms with Crippen LogP contribution in [0.15, 0.2) is 29.6 Å². The fourth-order valence-electron chi connectivity index (χ4n) is 2.17. The second kappa shape index (κ2) is 6.26. The molecule has 0 spiro atoms. The molecule has 1 atom stereocenters. The number of nitrogens with two attached hydrogens (primary N) is 1. The number of hydrogen-bond acceptors (Lipinski definition) is 3. The van der Waals surface area contributed by atoms with E-state index in [1.807, 2.05) is 17.5 Å². The highest BCUT2D eigenvalue weighted by Crippen LogP contribution is 2.32. The smallest absolute Gasteiger partial charge is 0.248 e. The van der Waals surface area contributed by atoms with Crippen LogP contribution in [0.3, 0.4) is 0 Å². The van der Waals surface area contributed by atoms with Gasteiger partial charge in [0, 0.05) is 21.7 Å². The van der Waals surface area contributed by atoms with E-state index in [1.165, 1.54) is 10.9 Å². The van der Waals surface area contributed by atoms with Crippen molar-refractivity contribution in [3.8, 4) is 0 Å². The molecule has 3 N–H and O–H groups in total. The van der Waals surface area contributed by atoms with E-state index >= 15 is 0 Å². The van der Waals surface area contributed by atoms with Crippen molar-refractivity contribution in [1.82, 2.24) is 0 Å². The summed E-state index contributed by atoms with van der Waals surface area (Å²) in [6.07, 6.45) is 0. The molecule has 2 rings (SSSR count). The summed E-state index contributed by atoms with van der Waals surface area (Å²) in [4.78, 5) is 12.5. The maximum atomic E-state index is 13.9. The fourth-order valence-corrected chi connectivity index (χ4v) is 3.12. The van der Waals surface area contributed by atoms with Gasteiger partial charge in [0.1, 0.15) is 5.82 Å². The van der Waals surface area contributed by atoms with Gasteiger partial charge in [-0.1, -0.05) is 19.9 Å². The van der Waals surface area contributed by atoms with Crippen molar-refractivity contribution in [2.24, 2.45) is 11.7 Å². The molecule has 1 aromatic heterocycles. The number of rotatable bonds is 5. The molecule has 1 amide bonds. The number of primary amides is 1. The summed E-state index contributed by atoms with van der Waals surface area (Å²) >= 11 is 1.65. The van der Waals surface area contributed by atoms with Crippen LogP contribution in [0.4, 0.5) is 10.1 Å². The molecule has 21 heavy (non-hydrogen) atoms. The minimum absolute atomic E-state index is 0.0613. The van der Waals surface area contributed by atoms with Gasteiger partial charge >= 0.3 is 0 Å². The van der Waals surface area contributed by atoms with Gasteiger partial charge in [-0.05, 0) is 36.4 Å². The Morgan fingerprint density at radius 1 is 1.38 bits per heavy atom. The molecule has 0 saturated heterocycles. The van der Waals surface area contributed by atoms with Gasteiger partial charge in [-0.25, -0.2) is 4.39 Å². The van der Waals surface area contributed by atoms with Crippen LogP contribution in [0.5, 0.6) is 0 Å². The highest BCUT2D eigenvalue weighted by molar-refractivity contribution is 7.10. The van der Waals surface area contributed by atoms with E-state index in [0.717, 1.165) is 0 Å². The lowest BCUT2D eigenvalue weighted by molar-refractivity contribution is 0.1000. The number of anilines is 1. The molecular formula is C16H19FN2OS. The number of thiophene rings is 1. The highest BCUT2D eigenvalue weighted by Gasteiger charge is 2.19. The van der Waals surface area contributed by atoms with Gasteiger partial charge in [0.15, 0.2) is 0 Å². The van der Waals surface area contributed by atoms with Crippen molar-refractivity contribution in [3.05, 3.63) is 51.5 Å². The van der Waals surface area contributed by atoms with Crippen LogP contribution in [0.1, 0.15) is 40.7 Å². The molecule has 3 nitrogen and oxygen atoms in total. The van der Waals surface area contributed by atoms with E-state index in [0.29, 0.717) is 17.2 Å². The summed E-state index contributed by atoms with van der Waals surface area (Å²) in [6.45, 7) is 5.89. The number of nitrogens with one attached hydrogen (secondary N) is 1. The molecule has 0 aliphatic carbocycles. The van der Waals surface area contributed by atoms with E-state index in [-0.39, 0.29) is 11.6 Å². The normalized spacial score (nSPS) is 12.4. The van der Waals surface area contributed by atoms with Crippen molar-refractivity contribution >= 4 is 22.9 Å². The largest absolute Gasteiger partial charge is 0.377 e. The molecule has 0 radical (unpaired) electrons. The number of halogens is 1. The summed E-state index contributed by atoms with van der Waals surface area (Å²) in [5.74, 6) is -0.736. The van der Waals surface area contributed by atoms with Crippen LogP contribution >= 0.6 is 11.3 Å². The van der Waals surface area contributed by atoms with Crippen LogP contribution in [0, 0.1) is 18.7 Å². The number of hydrogen-bond donors (Lipinski definition) is 2. The Hall–Kier alpha value is -1.88. The lowest BCUT2D eigenvalue weighted by Crippen LogP contribution is -2.18. The summed E-state index contributed by atoms with van der Waals surface area (Å²) in [5, 5.41) is 5.36. The first-order chi connectivity index (χ1) is 9.90. The fraction of sp³-hybridized carbons (Fsp3) is 0.312. The minimum atomic E-state index is -0.630. The van der Waals surface area contributed by atoms with Crippen LogP contribution in [-0.4, -0.2) is 5.91 Å². The molecule has 1 heterocycles. The van der Waals surface area contributed by atoms with Gasteiger partial charge in [-0.3, -0.25) is 4.79 Å². The number of carbonyl (C=O) groups is 1. The second-order valence-corrected chi connectivity index (χ2v) is 6.36. The first-order valence-electron chi connectivity index (χ1n) is 6.80. The number of benzene rings is 1. The lowest BCUT2D eigenvalue weighted by atomic mass is 10.0. The highest BCUT2D eigenvalue weighted by atomic mass is 32.1. The topological polar surface area (TPSA) is 55.1 Å². The second-order valence-electron chi connectivity index (χ2n) is 5.38. The maximum Gasteiger partial charge on any atom is 0.248 e. The number of amides is 1. The van der Waals surface area contributed by atoms with E-state index in [9.17, 15) is 9.18 Å². The molecule has 1 unspecified atom stereocenters. The van der Waals surface area contributed by atoms with Crippen LogP contribution in [0.25, 0.3) is 0 Å². The molecule has 0 aliphatic heterocycles. The van der Waals surface area contributed by atoms with Crippen molar-refractivity contribution in [2.45, 2.75) is 26.8 Å². The van der Waals surface area contributed by atoms with Gasteiger partial charge in [-0.15, -0.1) is 11.3 Å². The third kappa shape index (κ3) is 3.42. The minimum Gasteiger partial charge on any atom is -0.377 e. The van der Waals surface area contributed by atoms with Crippen molar-refractivity contribution in [2.75, 3.05) is 5.32 Å². The molecule has 0 bridgehead atoms. The van der Waals surface area contributed by atoms with Gasteiger partial charge < -0.3 is 11.1 Å². The van der Waals surface area contributed by atoms with Gasteiger partial charge in [-0.2, -0.15) is 0 Å². The maximum absolute atomic E-state index is 13.9. The zero-order chi connectivity index (χ0) is 15.6. The quantitative estimate of drug-likeness (QED) is 0.873. The molecule has 0 saturated carbocycles. The number of carbonyl (C=O) groups excluding carboxylic acids is 1. The van der Waals surface area contributed by atoms with E-state index in [4.69, 9.17) is 5.73 Å².